The quantitative estimate of drug-likeness (QED) is 0.938. The number of para-hydroxylation sites is 1. The predicted molar refractivity (Wildman–Crippen MR) is 81.8 cm³/mol. The van der Waals surface area contributed by atoms with Crippen molar-refractivity contribution in [2.24, 2.45) is 0 Å². The smallest absolute Gasteiger partial charge is 0.127 e. The Morgan fingerprint density at radius 3 is 2.30 bits per heavy atom. The lowest BCUT2D eigenvalue weighted by atomic mass is 10.1. The summed E-state index contributed by atoms with van der Waals surface area (Å²) in [4.78, 5) is 0. The Balaban J connectivity index is 0.00000147. The SMILES string of the molecule is Cl.c1ccc(Oc2ccc([C@@H]3COCCN3)cc2)cc1. The molecule has 3 rings (SSSR count). The molecule has 0 amide bonds. The maximum absolute atomic E-state index is 5.77. The van der Waals surface area contributed by atoms with Gasteiger partial charge >= 0.3 is 0 Å². The van der Waals surface area contributed by atoms with Crippen LogP contribution in [0.15, 0.2) is 54.6 Å². The van der Waals surface area contributed by atoms with Gasteiger partial charge in [-0.1, -0.05) is 30.3 Å². The van der Waals surface area contributed by atoms with Crippen molar-refractivity contribution in [2.45, 2.75) is 6.04 Å². The molecule has 1 saturated heterocycles. The maximum Gasteiger partial charge on any atom is 0.127 e. The van der Waals surface area contributed by atoms with Gasteiger partial charge in [-0.3, -0.25) is 0 Å². The number of rotatable bonds is 3. The van der Waals surface area contributed by atoms with Crippen molar-refractivity contribution in [3.8, 4) is 11.5 Å². The van der Waals surface area contributed by atoms with Gasteiger partial charge in [-0.05, 0) is 29.8 Å². The number of benzene rings is 2. The first-order valence-electron chi connectivity index (χ1n) is 6.56. The van der Waals surface area contributed by atoms with Crippen molar-refractivity contribution in [3.63, 3.8) is 0 Å². The van der Waals surface area contributed by atoms with Crippen LogP contribution in [-0.4, -0.2) is 19.8 Å². The Labute approximate surface area is 125 Å². The summed E-state index contributed by atoms with van der Waals surface area (Å²) < 4.78 is 11.2. The summed E-state index contributed by atoms with van der Waals surface area (Å²) >= 11 is 0. The topological polar surface area (TPSA) is 30.5 Å². The molecule has 0 aliphatic carbocycles. The van der Waals surface area contributed by atoms with E-state index < -0.39 is 0 Å². The van der Waals surface area contributed by atoms with Crippen LogP contribution in [0, 0.1) is 0 Å². The lowest BCUT2D eigenvalue weighted by Crippen LogP contribution is -2.34. The molecule has 2 aromatic carbocycles. The van der Waals surface area contributed by atoms with Crippen LogP contribution in [0.2, 0.25) is 0 Å². The van der Waals surface area contributed by atoms with E-state index in [1.807, 2.05) is 42.5 Å². The average Bonchev–Trinajstić information content (AvgIpc) is 2.50. The van der Waals surface area contributed by atoms with Gasteiger partial charge in [0.2, 0.25) is 0 Å². The lowest BCUT2D eigenvalue weighted by molar-refractivity contribution is 0.0769. The third-order valence-electron chi connectivity index (χ3n) is 3.18. The number of hydrogen-bond donors (Lipinski definition) is 1. The van der Waals surface area contributed by atoms with Gasteiger partial charge in [-0.25, -0.2) is 0 Å². The van der Waals surface area contributed by atoms with Crippen molar-refractivity contribution in [1.82, 2.24) is 5.32 Å². The summed E-state index contributed by atoms with van der Waals surface area (Å²) in [5.41, 5.74) is 1.24. The molecular weight excluding hydrogens is 274 g/mol. The van der Waals surface area contributed by atoms with Crippen molar-refractivity contribution in [3.05, 3.63) is 60.2 Å². The average molecular weight is 292 g/mol. The van der Waals surface area contributed by atoms with Crippen molar-refractivity contribution in [1.29, 1.82) is 0 Å². The Hall–Kier alpha value is -1.55. The number of halogens is 1. The molecule has 2 aromatic rings. The Morgan fingerprint density at radius 1 is 0.950 bits per heavy atom. The summed E-state index contributed by atoms with van der Waals surface area (Å²) in [5, 5.41) is 3.44. The fourth-order valence-electron chi connectivity index (χ4n) is 2.17. The van der Waals surface area contributed by atoms with Gasteiger partial charge in [0, 0.05) is 6.54 Å². The second-order valence-electron chi connectivity index (χ2n) is 4.57. The van der Waals surface area contributed by atoms with E-state index in [2.05, 4.69) is 17.4 Å². The van der Waals surface area contributed by atoms with E-state index in [1.165, 1.54) is 5.56 Å². The number of morpholine rings is 1. The molecule has 1 heterocycles. The molecular formula is C16H18ClNO2. The van der Waals surface area contributed by atoms with Crippen molar-refractivity contribution in [2.75, 3.05) is 19.8 Å². The van der Waals surface area contributed by atoms with Gasteiger partial charge < -0.3 is 14.8 Å². The third kappa shape index (κ3) is 3.73. The molecule has 1 N–H and O–H groups in total. The highest BCUT2D eigenvalue weighted by Crippen LogP contribution is 2.23. The molecule has 4 heteroatoms. The minimum atomic E-state index is 0. The van der Waals surface area contributed by atoms with Gasteiger partial charge in [-0.15, -0.1) is 12.4 Å². The molecule has 1 aliphatic heterocycles. The molecule has 0 bridgehead atoms. The lowest BCUT2D eigenvalue weighted by Gasteiger charge is -2.24. The molecule has 3 nitrogen and oxygen atoms in total. The summed E-state index contributed by atoms with van der Waals surface area (Å²) in [7, 11) is 0. The van der Waals surface area contributed by atoms with Crippen LogP contribution in [0.4, 0.5) is 0 Å². The summed E-state index contributed by atoms with van der Waals surface area (Å²) in [5.74, 6) is 1.71. The minimum Gasteiger partial charge on any atom is -0.457 e. The van der Waals surface area contributed by atoms with E-state index in [-0.39, 0.29) is 12.4 Å². The van der Waals surface area contributed by atoms with E-state index in [4.69, 9.17) is 9.47 Å². The zero-order valence-electron chi connectivity index (χ0n) is 11.1. The van der Waals surface area contributed by atoms with Crippen LogP contribution in [0.3, 0.4) is 0 Å². The summed E-state index contributed by atoms with van der Waals surface area (Å²) in [6.07, 6.45) is 0. The van der Waals surface area contributed by atoms with E-state index in [0.717, 1.165) is 31.3 Å². The third-order valence-corrected chi connectivity index (χ3v) is 3.18. The zero-order chi connectivity index (χ0) is 12.9. The van der Waals surface area contributed by atoms with Gasteiger partial charge in [0.05, 0.1) is 19.3 Å². The molecule has 1 fully saturated rings. The van der Waals surface area contributed by atoms with E-state index >= 15 is 0 Å². The molecule has 0 spiro atoms. The first-order valence-corrected chi connectivity index (χ1v) is 6.56. The highest BCUT2D eigenvalue weighted by Gasteiger charge is 2.14. The summed E-state index contributed by atoms with van der Waals surface area (Å²) in [6, 6.07) is 18.3. The zero-order valence-corrected chi connectivity index (χ0v) is 11.9. The number of nitrogens with one attached hydrogen (secondary N) is 1. The fraction of sp³-hybridized carbons (Fsp3) is 0.250. The van der Waals surface area contributed by atoms with Crippen molar-refractivity contribution >= 4 is 12.4 Å². The molecule has 0 unspecified atom stereocenters. The first kappa shape index (κ1) is 14.9. The Bertz CT molecular complexity index is 510. The second kappa shape index (κ2) is 7.29. The molecule has 1 atom stereocenters. The van der Waals surface area contributed by atoms with Crippen molar-refractivity contribution < 1.29 is 9.47 Å². The van der Waals surface area contributed by atoms with Gasteiger partial charge in [0.25, 0.3) is 0 Å². The maximum atomic E-state index is 5.77. The highest BCUT2D eigenvalue weighted by atomic mass is 35.5. The number of hydrogen-bond acceptors (Lipinski definition) is 3. The predicted octanol–water partition coefficient (Wildman–Crippen LogP) is 3.56. The molecule has 1 aliphatic rings. The Kier molecular flexibility index (Phi) is 5.41. The van der Waals surface area contributed by atoms with E-state index in [9.17, 15) is 0 Å². The molecule has 0 radical (unpaired) electrons. The van der Waals surface area contributed by atoms with Gasteiger partial charge in [0.15, 0.2) is 0 Å². The van der Waals surface area contributed by atoms with Gasteiger partial charge in [-0.2, -0.15) is 0 Å². The molecule has 0 aromatic heterocycles. The normalized spacial score (nSPS) is 18.1. The highest BCUT2D eigenvalue weighted by molar-refractivity contribution is 5.85. The molecule has 0 saturated carbocycles. The Morgan fingerprint density at radius 2 is 1.65 bits per heavy atom. The van der Waals surface area contributed by atoms with Crippen LogP contribution in [-0.2, 0) is 4.74 Å². The minimum absolute atomic E-state index is 0. The fourth-order valence-corrected chi connectivity index (χ4v) is 2.17. The van der Waals surface area contributed by atoms with Crippen LogP contribution in [0.5, 0.6) is 11.5 Å². The van der Waals surface area contributed by atoms with Crippen LogP contribution < -0.4 is 10.1 Å². The van der Waals surface area contributed by atoms with E-state index in [0.29, 0.717) is 6.04 Å². The first-order chi connectivity index (χ1) is 9.42. The molecule has 20 heavy (non-hydrogen) atoms. The summed E-state index contributed by atoms with van der Waals surface area (Å²) in [6.45, 7) is 2.44. The monoisotopic (exact) mass is 291 g/mol. The second-order valence-corrected chi connectivity index (χ2v) is 4.57. The van der Waals surface area contributed by atoms with E-state index in [1.54, 1.807) is 0 Å². The number of ether oxygens (including phenoxy) is 2. The van der Waals surface area contributed by atoms with Crippen LogP contribution in [0.1, 0.15) is 11.6 Å². The van der Waals surface area contributed by atoms with Crippen LogP contribution >= 0.6 is 12.4 Å². The van der Waals surface area contributed by atoms with Gasteiger partial charge in [0.1, 0.15) is 11.5 Å². The standard InChI is InChI=1S/C16H17NO2.ClH/c1-2-4-14(5-3-1)19-15-8-6-13(7-9-15)16-12-18-11-10-17-16;/h1-9,16-17H,10-12H2;1H/t16-;/m0./s1. The largest absolute Gasteiger partial charge is 0.457 e. The molecule has 106 valence electrons. The van der Waals surface area contributed by atoms with Crippen LogP contribution in [0.25, 0.3) is 0 Å².